The largest absolute Gasteiger partial charge is 0.297 e. The van der Waals surface area contributed by atoms with Crippen LogP contribution >= 0.6 is 34.9 Å². The van der Waals surface area contributed by atoms with Crippen molar-refractivity contribution in [1.29, 1.82) is 0 Å². The van der Waals surface area contributed by atoms with Crippen LogP contribution in [0.2, 0.25) is 4.34 Å². The first-order valence-corrected chi connectivity index (χ1v) is 6.93. The van der Waals surface area contributed by atoms with Gasteiger partial charge in [-0.3, -0.25) is 4.90 Å². The standard InChI is InChI=1S/C8H12ClN3S2/c9-8-7(10-11-14-8)6-12-2-1-4-13-5-3-12/h1-6H2. The van der Waals surface area contributed by atoms with Gasteiger partial charge in [-0.1, -0.05) is 16.1 Å². The van der Waals surface area contributed by atoms with Crippen molar-refractivity contribution in [2.45, 2.75) is 13.0 Å². The van der Waals surface area contributed by atoms with E-state index in [-0.39, 0.29) is 0 Å². The molecule has 78 valence electrons. The molecule has 0 saturated carbocycles. The molecule has 1 aliphatic rings. The van der Waals surface area contributed by atoms with Crippen molar-refractivity contribution < 1.29 is 0 Å². The van der Waals surface area contributed by atoms with E-state index in [0.29, 0.717) is 0 Å². The minimum absolute atomic E-state index is 0.738. The molecule has 0 aromatic carbocycles. The third kappa shape index (κ3) is 2.82. The zero-order chi connectivity index (χ0) is 9.80. The molecule has 0 atom stereocenters. The van der Waals surface area contributed by atoms with E-state index in [1.54, 1.807) is 0 Å². The van der Waals surface area contributed by atoms with Crippen LogP contribution in [0.15, 0.2) is 0 Å². The maximum atomic E-state index is 5.96. The molecule has 0 spiro atoms. The van der Waals surface area contributed by atoms with Crippen molar-refractivity contribution in [3.8, 4) is 0 Å². The van der Waals surface area contributed by atoms with Gasteiger partial charge in [0.15, 0.2) is 0 Å². The lowest BCUT2D eigenvalue weighted by atomic mass is 10.3. The Morgan fingerprint density at radius 2 is 2.29 bits per heavy atom. The Kier molecular flexibility index (Phi) is 4.04. The highest BCUT2D eigenvalue weighted by Gasteiger charge is 2.13. The monoisotopic (exact) mass is 249 g/mol. The van der Waals surface area contributed by atoms with Crippen molar-refractivity contribution >= 4 is 34.9 Å². The molecule has 14 heavy (non-hydrogen) atoms. The third-order valence-corrected chi connectivity index (χ3v) is 4.23. The average Bonchev–Trinajstić information content (AvgIpc) is 2.44. The summed E-state index contributed by atoms with van der Waals surface area (Å²) in [6.07, 6.45) is 1.26. The summed E-state index contributed by atoms with van der Waals surface area (Å²) < 4.78 is 4.58. The fourth-order valence-corrected chi connectivity index (χ4v) is 3.00. The molecule has 1 fully saturated rings. The smallest absolute Gasteiger partial charge is 0.138 e. The maximum absolute atomic E-state index is 5.96. The fourth-order valence-electron chi connectivity index (χ4n) is 1.46. The van der Waals surface area contributed by atoms with Crippen LogP contribution in [0.3, 0.4) is 0 Å². The summed E-state index contributed by atoms with van der Waals surface area (Å²) in [6, 6.07) is 0. The van der Waals surface area contributed by atoms with Gasteiger partial charge in [0.2, 0.25) is 0 Å². The molecular formula is C8H12ClN3S2. The van der Waals surface area contributed by atoms with Gasteiger partial charge >= 0.3 is 0 Å². The molecule has 2 heterocycles. The second-order valence-electron chi connectivity index (χ2n) is 3.24. The van der Waals surface area contributed by atoms with Crippen LogP contribution in [-0.2, 0) is 6.54 Å². The molecule has 6 heteroatoms. The van der Waals surface area contributed by atoms with E-state index in [0.717, 1.165) is 29.7 Å². The molecule has 1 aliphatic heterocycles. The first-order valence-electron chi connectivity index (χ1n) is 4.63. The lowest BCUT2D eigenvalue weighted by Crippen LogP contribution is -2.25. The van der Waals surface area contributed by atoms with Crippen LogP contribution in [-0.4, -0.2) is 39.1 Å². The van der Waals surface area contributed by atoms with Crippen LogP contribution in [0.25, 0.3) is 0 Å². The predicted octanol–water partition coefficient (Wildman–Crippen LogP) is 2.13. The molecule has 0 unspecified atom stereocenters. The highest BCUT2D eigenvalue weighted by molar-refractivity contribution is 7.99. The highest BCUT2D eigenvalue weighted by atomic mass is 35.5. The molecule has 1 aromatic rings. The van der Waals surface area contributed by atoms with Gasteiger partial charge in [0, 0.05) is 30.4 Å². The van der Waals surface area contributed by atoms with Crippen molar-refractivity contribution in [3.63, 3.8) is 0 Å². The maximum Gasteiger partial charge on any atom is 0.138 e. The Hall–Kier alpha value is 0.160. The van der Waals surface area contributed by atoms with E-state index in [4.69, 9.17) is 11.6 Å². The van der Waals surface area contributed by atoms with Crippen LogP contribution in [0.1, 0.15) is 12.1 Å². The molecular weight excluding hydrogens is 238 g/mol. The molecule has 1 saturated heterocycles. The number of nitrogens with zero attached hydrogens (tertiary/aromatic N) is 3. The summed E-state index contributed by atoms with van der Waals surface area (Å²) in [5.74, 6) is 2.49. The van der Waals surface area contributed by atoms with Crippen LogP contribution in [0.5, 0.6) is 0 Å². The van der Waals surface area contributed by atoms with Gasteiger partial charge in [-0.25, -0.2) is 0 Å². The topological polar surface area (TPSA) is 29.0 Å². The first-order chi connectivity index (χ1) is 6.86. The summed E-state index contributed by atoms with van der Waals surface area (Å²) in [4.78, 5) is 2.41. The molecule has 0 N–H and O–H groups in total. The van der Waals surface area contributed by atoms with Gasteiger partial charge in [-0.2, -0.15) is 11.8 Å². The van der Waals surface area contributed by atoms with Gasteiger partial charge in [-0.15, -0.1) is 5.10 Å². The Bertz CT molecular complexity index is 284. The molecule has 0 radical (unpaired) electrons. The van der Waals surface area contributed by atoms with Gasteiger partial charge in [0.1, 0.15) is 10.0 Å². The Morgan fingerprint density at radius 1 is 1.36 bits per heavy atom. The Balaban J connectivity index is 1.92. The number of halogens is 1. The van der Waals surface area contributed by atoms with Crippen molar-refractivity contribution in [1.82, 2.24) is 14.5 Å². The first kappa shape index (κ1) is 10.7. The SMILES string of the molecule is Clc1snnc1CN1CCCSCC1. The normalized spacial score (nSPS) is 19.5. The molecule has 1 aromatic heterocycles. The quantitative estimate of drug-likeness (QED) is 0.803. The second-order valence-corrected chi connectivity index (χ2v) is 5.82. The number of hydrogen-bond acceptors (Lipinski definition) is 5. The van der Waals surface area contributed by atoms with Gasteiger partial charge in [0.25, 0.3) is 0 Å². The van der Waals surface area contributed by atoms with Crippen molar-refractivity contribution in [3.05, 3.63) is 10.0 Å². The molecule has 3 nitrogen and oxygen atoms in total. The minimum atomic E-state index is 0.738. The van der Waals surface area contributed by atoms with Gasteiger partial charge < -0.3 is 0 Å². The summed E-state index contributed by atoms with van der Waals surface area (Å²) in [7, 11) is 0. The average molecular weight is 250 g/mol. The number of aromatic nitrogens is 2. The molecule has 0 amide bonds. The minimum Gasteiger partial charge on any atom is -0.297 e. The van der Waals surface area contributed by atoms with Crippen molar-refractivity contribution in [2.24, 2.45) is 0 Å². The second kappa shape index (κ2) is 5.30. The number of rotatable bonds is 2. The van der Waals surface area contributed by atoms with Gasteiger partial charge in [0.05, 0.1) is 0 Å². The van der Waals surface area contributed by atoms with E-state index < -0.39 is 0 Å². The van der Waals surface area contributed by atoms with E-state index in [2.05, 4.69) is 14.5 Å². The van der Waals surface area contributed by atoms with E-state index in [1.165, 1.54) is 29.5 Å². The third-order valence-electron chi connectivity index (χ3n) is 2.20. The van der Waals surface area contributed by atoms with E-state index >= 15 is 0 Å². The Labute approximate surface area is 97.0 Å². The molecule has 2 rings (SSSR count). The van der Waals surface area contributed by atoms with Crippen molar-refractivity contribution in [2.75, 3.05) is 24.6 Å². The zero-order valence-corrected chi connectivity index (χ0v) is 10.2. The number of hydrogen-bond donors (Lipinski definition) is 0. The van der Waals surface area contributed by atoms with E-state index in [9.17, 15) is 0 Å². The molecule has 0 bridgehead atoms. The van der Waals surface area contributed by atoms with E-state index in [1.807, 2.05) is 11.8 Å². The lowest BCUT2D eigenvalue weighted by Gasteiger charge is -2.17. The van der Waals surface area contributed by atoms with Gasteiger partial charge in [-0.05, 0) is 18.7 Å². The summed E-state index contributed by atoms with van der Waals surface area (Å²) in [5.41, 5.74) is 0.934. The predicted molar refractivity (Wildman–Crippen MR) is 62.1 cm³/mol. The highest BCUT2D eigenvalue weighted by Crippen LogP contribution is 2.20. The molecule has 0 aliphatic carbocycles. The Morgan fingerprint density at radius 3 is 3.07 bits per heavy atom. The summed E-state index contributed by atoms with van der Waals surface area (Å²) in [6.45, 7) is 3.15. The summed E-state index contributed by atoms with van der Waals surface area (Å²) in [5, 5.41) is 4.03. The van der Waals surface area contributed by atoms with Crippen LogP contribution in [0.4, 0.5) is 0 Å². The van der Waals surface area contributed by atoms with Crippen LogP contribution < -0.4 is 0 Å². The lowest BCUT2D eigenvalue weighted by molar-refractivity contribution is 0.284. The fraction of sp³-hybridized carbons (Fsp3) is 0.750. The number of thioether (sulfide) groups is 1. The summed E-state index contributed by atoms with van der Waals surface area (Å²) >= 11 is 9.26. The van der Waals surface area contributed by atoms with Crippen LogP contribution in [0, 0.1) is 0 Å². The zero-order valence-electron chi connectivity index (χ0n) is 7.78.